The van der Waals surface area contributed by atoms with E-state index in [0.29, 0.717) is 11.7 Å². The first-order valence-electron chi connectivity index (χ1n) is 7.65. The number of pyridine rings is 1. The number of fused-ring (bicyclic) bond motifs is 1. The predicted molar refractivity (Wildman–Crippen MR) is 77.7 cm³/mol. The van der Waals surface area contributed by atoms with Crippen molar-refractivity contribution in [3.63, 3.8) is 0 Å². The van der Waals surface area contributed by atoms with E-state index in [0.717, 1.165) is 44.7 Å². The van der Waals surface area contributed by atoms with Crippen molar-refractivity contribution in [1.29, 1.82) is 5.26 Å². The monoisotopic (exact) mass is 271 g/mol. The fourth-order valence-corrected chi connectivity index (χ4v) is 3.08. The van der Waals surface area contributed by atoms with Gasteiger partial charge in [0, 0.05) is 18.8 Å². The zero-order chi connectivity index (χ0) is 13.8. The first-order valence-corrected chi connectivity index (χ1v) is 7.65. The summed E-state index contributed by atoms with van der Waals surface area (Å²) < 4.78 is 5.61. The van der Waals surface area contributed by atoms with Crippen LogP contribution in [-0.2, 0) is 17.6 Å². The number of nitrogens with one attached hydrogen (secondary N) is 1. The normalized spacial score (nSPS) is 21.2. The van der Waals surface area contributed by atoms with E-state index in [4.69, 9.17) is 4.74 Å². The second kappa shape index (κ2) is 6.23. The molecule has 1 aliphatic carbocycles. The third kappa shape index (κ3) is 2.94. The molecule has 1 saturated heterocycles. The van der Waals surface area contributed by atoms with E-state index in [1.807, 2.05) is 6.07 Å². The lowest BCUT2D eigenvalue weighted by Gasteiger charge is -2.18. The average Bonchev–Trinajstić information content (AvgIpc) is 3.00. The second-order valence-corrected chi connectivity index (χ2v) is 5.66. The van der Waals surface area contributed by atoms with Gasteiger partial charge in [0.1, 0.15) is 11.9 Å². The Morgan fingerprint density at radius 3 is 3.05 bits per heavy atom. The molecule has 1 aromatic heterocycles. The van der Waals surface area contributed by atoms with Gasteiger partial charge in [0.25, 0.3) is 0 Å². The molecule has 1 atom stereocenters. The van der Waals surface area contributed by atoms with Crippen molar-refractivity contribution in [2.24, 2.45) is 0 Å². The number of nitrogens with zero attached hydrogens (tertiary/aromatic N) is 2. The van der Waals surface area contributed by atoms with Crippen molar-refractivity contribution in [3.05, 3.63) is 22.9 Å². The number of aryl methyl sites for hydroxylation is 2. The smallest absolute Gasteiger partial charge is 0.144 e. The van der Waals surface area contributed by atoms with Crippen LogP contribution >= 0.6 is 0 Å². The van der Waals surface area contributed by atoms with Crippen molar-refractivity contribution in [2.75, 3.05) is 18.5 Å². The van der Waals surface area contributed by atoms with E-state index in [9.17, 15) is 5.26 Å². The van der Waals surface area contributed by atoms with Gasteiger partial charge >= 0.3 is 0 Å². The van der Waals surface area contributed by atoms with Crippen LogP contribution in [0, 0.1) is 11.3 Å². The van der Waals surface area contributed by atoms with Crippen LogP contribution in [0.1, 0.15) is 48.9 Å². The lowest BCUT2D eigenvalue weighted by Crippen LogP contribution is -2.15. The summed E-state index contributed by atoms with van der Waals surface area (Å²) in [5, 5.41) is 12.6. The van der Waals surface area contributed by atoms with E-state index in [2.05, 4.69) is 16.4 Å². The zero-order valence-corrected chi connectivity index (χ0v) is 11.8. The molecular weight excluding hydrogens is 250 g/mol. The van der Waals surface area contributed by atoms with Gasteiger partial charge in [-0.3, -0.25) is 0 Å². The molecule has 0 spiro atoms. The Morgan fingerprint density at radius 1 is 1.35 bits per heavy atom. The van der Waals surface area contributed by atoms with E-state index in [1.54, 1.807) is 0 Å². The maximum Gasteiger partial charge on any atom is 0.144 e. The second-order valence-electron chi connectivity index (χ2n) is 5.66. The van der Waals surface area contributed by atoms with Gasteiger partial charge in [0.05, 0.1) is 11.7 Å². The molecule has 1 N–H and O–H groups in total. The van der Waals surface area contributed by atoms with Crippen molar-refractivity contribution < 1.29 is 4.74 Å². The van der Waals surface area contributed by atoms with E-state index >= 15 is 0 Å². The Kier molecular flexibility index (Phi) is 4.17. The third-order valence-corrected chi connectivity index (χ3v) is 4.20. The Morgan fingerprint density at radius 2 is 2.25 bits per heavy atom. The number of anilines is 1. The summed E-state index contributed by atoms with van der Waals surface area (Å²) in [6.07, 6.45) is 8.23. The number of nitriles is 1. The topological polar surface area (TPSA) is 57.9 Å². The maximum atomic E-state index is 9.28. The molecule has 0 bridgehead atoms. The van der Waals surface area contributed by atoms with Crippen molar-refractivity contribution in [2.45, 2.75) is 51.0 Å². The summed E-state index contributed by atoms with van der Waals surface area (Å²) in [5.74, 6) is 0.756. The summed E-state index contributed by atoms with van der Waals surface area (Å²) in [6, 6.07) is 4.29. The van der Waals surface area contributed by atoms with Crippen molar-refractivity contribution in [3.8, 4) is 6.07 Å². The predicted octanol–water partition coefficient (Wildman–Crippen LogP) is 2.81. The quantitative estimate of drug-likeness (QED) is 0.915. The van der Waals surface area contributed by atoms with Gasteiger partial charge in [-0.25, -0.2) is 4.98 Å². The fraction of sp³-hybridized carbons (Fsp3) is 0.625. The van der Waals surface area contributed by atoms with Crippen molar-refractivity contribution in [1.82, 2.24) is 4.98 Å². The summed E-state index contributed by atoms with van der Waals surface area (Å²) in [6.45, 7) is 1.72. The Balaban J connectivity index is 1.66. The Hall–Kier alpha value is -1.60. The number of hydrogen-bond donors (Lipinski definition) is 1. The molecule has 1 unspecified atom stereocenters. The fourth-order valence-electron chi connectivity index (χ4n) is 3.08. The van der Waals surface area contributed by atoms with Crippen LogP contribution in [-0.4, -0.2) is 24.2 Å². The number of hydrogen-bond acceptors (Lipinski definition) is 4. The molecule has 2 aliphatic rings. The molecule has 0 radical (unpaired) electrons. The average molecular weight is 271 g/mol. The lowest BCUT2D eigenvalue weighted by molar-refractivity contribution is 0.107. The molecule has 1 aliphatic heterocycles. The molecule has 4 heteroatoms. The highest BCUT2D eigenvalue weighted by molar-refractivity contribution is 5.54. The molecule has 0 aromatic carbocycles. The standard InChI is InChI=1S/C16H21N3O/c17-11-13-10-12-4-1-2-6-15(12)19-16(13)18-8-7-14-5-3-9-20-14/h10,14H,1-9H2,(H,18,19). The number of ether oxygens (including phenoxy) is 1. The number of rotatable bonds is 4. The maximum absolute atomic E-state index is 9.28. The number of aromatic nitrogens is 1. The van der Waals surface area contributed by atoms with Gasteiger partial charge in [0.2, 0.25) is 0 Å². The summed E-state index contributed by atoms with van der Waals surface area (Å²) >= 11 is 0. The molecule has 2 heterocycles. The lowest BCUT2D eigenvalue weighted by atomic mass is 9.95. The zero-order valence-electron chi connectivity index (χ0n) is 11.8. The molecule has 0 amide bonds. The molecule has 1 aromatic rings. The molecular formula is C16H21N3O. The SMILES string of the molecule is N#Cc1cc2c(nc1NCCC1CCCO1)CCCC2. The minimum atomic E-state index is 0.380. The summed E-state index contributed by atoms with van der Waals surface area (Å²) in [7, 11) is 0. The Bertz CT molecular complexity index is 515. The highest BCUT2D eigenvalue weighted by Crippen LogP contribution is 2.24. The molecule has 1 fully saturated rings. The molecule has 3 rings (SSSR count). The highest BCUT2D eigenvalue weighted by Gasteiger charge is 2.17. The molecule has 4 nitrogen and oxygen atoms in total. The Labute approximate surface area is 120 Å². The minimum Gasteiger partial charge on any atom is -0.378 e. The van der Waals surface area contributed by atoms with Crippen LogP contribution in [0.3, 0.4) is 0 Å². The molecule has 20 heavy (non-hydrogen) atoms. The third-order valence-electron chi connectivity index (χ3n) is 4.20. The van der Waals surface area contributed by atoms with E-state index < -0.39 is 0 Å². The first kappa shape index (κ1) is 13.4. The van der Waals surface area contributed by atoms with Crippen molar-refractivity contribution >= 4 is 5.82 Å². The van der Waals surface area contributed by atoms with Gasteiger partial charge in [-0.05, 0) is 56.6 Å². The largest absolute Gasteiger partial charge is 0.378 e. The molecule has 0 saturated carbocycles. The van der Waals surface area contributed by atoms with Gasteiger partial charge in [-0.2, -0.15) is 5.26 Å². The van der Waals surface area contributed by atoms with Crippen LogP contribution in [0.2, 0.25) is 0 Å². The molecule has 106 valence electrons. The van der Waals surface area contributed by atoms with E-state index in [1.165, 1.54) is 30.5 Å². The van der Waals surface area contributed by atoms with Crippen LogP contribution < -0.4 is 5.32 Å². The minimum absolute atomic E-state index is 0.380. The van der Waals surface area contributed by atoms with Crippen LogP contribution in [0.15, 0.2) is 6.07 Å². The summed E-state index contributed by atoms with van der Waals surface area (Å²) in [5.41, 5.74) is 3.12. The highest BCUT2D eigenvalue weighted by atomic mass is 16.5. The summed E-state index contributed by atoms with van der Waals surface area (Å²) in [4.78, 5) is 4.67. The first-order chi connectivity index (χ1) is 9.86. The van der Waals surface area contributed by atoms with Gasteiger partial charge in [0.15, 0.2) is 0 Å². The van der Waals surface area contributed by atoms with E-state index in [-0.39, 0.29) is 0 Å². The van der Waals surface area contributed by atoms with Crippen LogP contribution in [0.5, 0.6) is 0 Å². The van der Waals surface area contributed by atoms with Gasteiger partial charge in [-0.15, -0.1) is 0 Å². The van der Waals surface area contributed by atoms with Gasteiger partial charge in [-0.1, -0.05) is 0 Å². The van der Waals surface area contributed by atoms with Crippen LogP contribution in [0.25, 0.3) is 0 Å². The van der Waals surface area contributed by atoms with Gasteiger partial charge < -0.3 is 10.1 Å². The van der Waals surface area contributed by atoms with Crippen LogP contribution in [0.4, 0.5) is 5.82 Å².